The molecule has 3 rings (SSSR count). The van der Waals surface area contributed by atoms with E-state index in [0.29, 0.717) is 15.9 Å². The minimum Gasteiger partial charge on any atom is -0.442 e. The quantitative estimate of drug-likeness (QED) is 0.287. The van der Waals surface area contributed by atoms with Gasteiger partial charge in [0.2, 0.25) is 6.10 Å². The van der Waals surface area contributed by atoms with Crippen LogP contribution in [0.5, 0.6) is 0 Å². The minimum absolute atomic E-state index is 0.523. The topological polar surface area (TPSA) is 26.3 Å². The van der Waals surface area contributed by atoms with Crippen LogP contribution in [0.1, 0.15) is 0 Å². The Morgan fingerprint density at radius 2 is 1.03 bits per heavy atom. The Morgan fingerprint density at radius 1 is 0.688 bits per heavy atom. The molecule has 168 valence electrons. The van der Waals surface area contributed by atoms with Crippen LogP contribution in [0, 0.1) is 0 Å². The van der Waals surface area contributed by atoms with E-state index in [0.717, 1.165) is 0 Å². The normalized spacial score (nSPS) is 13.4. The van der Waals surface area contributed by atoms with Gasteiger partial charge in [-0.25, -0.2) is 4.79 Å². The number of halogens is 6. The van der Waals surface area contributed by atoms with Crippen molar-refractivity contribution in [1.82, 2.24) is 0 Å². The van der Waals surface area contributed by atoms with Gasteiger partial charge in [-0.15, -0.1) is 0 Å². The van der Waals surface area contributed by atoms with E-state index in [9.17, 15) is 31.1 Å². The molecule has 9 heteroatoms. The van der Waals surface area contributed by atoms with Gasteiger partial charge in [-0.3, -0.25) is 0 Å². The summed E-state index contributed by atoms with van der Waals surface area (Å²) in [6.07, 6.45) is -14.6. The monoisotopic (exact) mass is 471 g/mol. The number of rotatable bonds is 6. The van der Waals surface area contributed by atoms with Crippen molar-refractivity contribution in [3.8, 4) is 0 Å². The zero-order valence-corrected chi connectivity index (χ0v) is 17.4. The maximum atomic E-state index is 13.9. The molecular weight excluding hydrogens is 453 g/mol. The molecule has 0 fully saturated rings. The van der Waals surface area contributed by atoms with E-state index in [1.54, 1.807) is 91.0 Å². The summed E-state index contributed by atoms with van der Waals surface area (Å²) in [6.45, 7) is 0. The number of hydrogen-bond donors (Lipinski definition) is 0. The maximum absolute atomic E-state index is 13.9. The molecule has 0 aliphatic rings. The number of hydrogen-bond acceptors (Lipinski definition) is 2. The van der Waals surface area contributed by atoms with E-state index in [4.69, 9.17) is 0 Å². The summed E-state index contributed by atoms with van der Waals surface area (Å²) in [6, 6.07) is 24.9. The molecule has 1 unspecified atom stereocenters. The Kier molecular flexibility index (Phi) is 6.94. The molecule has 0 radical (unpaired) electrons. The van der Waals surface area contributed by atoms with Crippen LogP contribution in [0.3, 0.4) is 0 Å². The van der Waals surface area contributed by atoms with Crippen LogP contribution in [0.25, 0.3) is 0 Å². The Balaban J connectivity index is 2.25. The van der Waals surface area contributed by atoms with Gasteiger partial charge in [0.1, 0.15) is 29.3 Å². The molecular formula is C23H18F6O2P+. The van der Waals surface area contributed by atoms with Gasteiger partial charge in [0, 0.05) is 0 Å². The van der Waals surface area contributed by atoms with Gasteiger partial charge in [0.05, 0.1) is 0 Å². The van der Waals surface area contributed by atoms with Crippen molar-refractivity contribution in [1.29, 1.82) is 0 Å². The highest BCUT2D eigenvalue weighted by Gasteiger charge is 2.57. The van der Waals surface area contributed by atoms with E-state index in [1.807, 2.05) is 0 Å². The number of carbonyl (C=O) groups is 1. The highest BCUT2D eigenvalue weighted by Crippen LogP contribution is 2.57. The Morgan fingerprint density at radius 3 is 1.31 bits per heavy atom. The first-order valence-electron chi connectivity index (χ1n) is 9.44. The van der Waals surface area contributed by atoms with Crippen LogP contribution in [0.2, 0.25) is 0 Å². The third-order valence-electron chi connectivity index (χ3n) is 4.88. The molecule has 0 aliphatic heterocycles. The van der Waals surface area contributed by atoms with E-state index < -0.39 is 37.9 Å². The predicted molar refractivity (Wildman–Crippen MR) is 112 cm³/mol. The van der Waals surface area contributed by atoms with Crippen molar-refractivity contribution in [2.45, 2.75) is 18.5 Å². The maximum Gasteiger partial charge on any atom is 0.490 e. The molecule has 0 N–H and O–H groups in total. The Bertz CT molecular complexity index is 924. The molecule has 1 atom stereocenters. The molecule has 0 amide bonds. The SMILES string of the molecule is O=C(OC(C[P+](c1ccccc1)(c1ccccc1)c1ccccc1)C(F)(F)F)C(F)(F)F. The summed E-state index contributed by atoms with van der Waals surface area (Å²) in [5, 5.41) is 1.57. The molecule has 2 nitrogen and oxygen atoms in total. The Labute approximate surface area is 181 Å². The predicted octanol–water partition coefficient (Wildman–Crippen LogP) is 5.02. The summed E-state index contributed by atoms with van der Waals surface area (Å²) in [5.41, 5.74) is 0. The lowest BCUT2D eigenvalue weighted by Crippen LogP contribution is -2.46. The number of alkyl halides is 6. The van der Waals surface area contributed by atoms with Crippen molar-refractivity contribution >= 4 is 29.1 Å². The van der Waals surface area contributed by atoms with Crippen LogP contribution in [0.4, 0.5) is 26.3 Å². The average Bonchev–Trinajstić information content (AvgIpc) is 2.77. The van der Waals surface area contributed by atoms with Crippen molar-refractivity contribution in [3.63, 3.8) is 0 Å². The third-order valence-corrected chi connectivity index (χ3v) is 9.29. The van der Waals surface area contributed by atoms with Gasteiger partial charge < -0.3 is 4.74 Å². The molecule has 0 spiro atoms. The van der Waals surface area contributed by atoms with Crippen LogP contribution in [-0.4, -0.2) is 30.6 Å². The second kappa shape index (κ2) is 9.33. The molecule has 0 saturated heterocycles. The first-order valence-corrected chi connectivity index (χ1v) is 11.4. The van der Waals surface area contributed by atoms with Gasteiger partial charge in [0.25, 0.3) is 0 Å². The highest BCUT2D eigenvalue weighted by molar-refractivity contribution is 7.95. The van der Waals surface area contributed by atoms with Crippen molar-refractivity contribution in [2.24, 2.45) is 0 Å². The van der Waals surface area contributed by atoms with Gasteiger partial charge in [-0.1, -0.05) is 54.6 Å². The minimum atomic E-state index is -5.54. The van der Waals surface area contributed by atoms with Crippen molar-refractivity contribution in [3.05, 3.63) is 91.0 Å². The van der Waals surface area contributed by atoms with E-state index >= 15 is 0 Å². The zero-order chi connectivity index (χ0) is 23.4. The smallest absolute Gasteiger partial charge is 0.442 e. The second-order valence-electron chi connectivity index (χ2n) is 6.93. The largest absolute Gasteiger partial charge is 0.490 e. The molecule has 3 aromatic carbocycles. The van der Waals surface area contributed by atoms with Gasteiger partial charge >= 0.3 is 18.3 Å². The summed E-state index contributed by atoms with van der Waals surface area (Å²) < 4.78 is 84.1. The molecule has 0 bridgehead atoms. The van der Waals surface area contributed by atoms with Gasteiger partial charge in [-0.05, 0) is 36.4 Å². The Hall–Kier alpha value is -2.86. The fraction of sp³-hybridized carbons (Fsp3) is 0.174. The number of esters is 1. The number of carbonyl (C=O) groups excluding carboxylic acids is 1. The van der Waals surface area contributed by atoms with Crippen LogP contribution < -0.4 is 15.9 Å². The first-order chi connectivity index (χ1) is 15.0. The van der Waals surface area contributed by atoms with Crippen LogP contribution >= 0.6 is 7.26 Å². The summed E-state index contributed by atoms with van der Waals surface area (Å²) in [4.78, 5) is 11.4. The lowest BCUT2D eigenvalue weighted by molar-refractivity contribution is -0.240. The molecule has 0 saturated carbocycles. The van der Waals surface area contributed by atoms with E-state index in [1.165, 1.54) is 0 Å². The fourth-order valence-electron chi connectivity index (χ4n) is 3.46. The van der Waals surface area contributed by atoms with Crippen molar-refractivity contribution in [2.75, 3.05) is 6.16 Å². The first kappa shape index (κ1) is 23.8. The number of ether oxygens (including phenoxy) is 1. The second-order valence-corrected chi connectivity index (χ2v) is 10.5. The fourth-order valence-corrected chi connectivity index (χ4v) is 7.81. The standard InChI is InChI=1S/C23H18F6O2P/c24-22(25,26)20(31-21(30)23(27,28)29)16-32(17-10-4-1-5-11-17,18-12-6-2-7-13-18)19-14-8-3-9-15-19/h1-15,20H,16H2/q+1. The van der Waals surface area contributed by atoms with Crippen LogP contribution in [-0.2, 0) is 9.53 Å². The zero-order valence-electron chi connectivity index (χ0n) is 16.5. The average molecular weight is 471 g/mol. The summed E-state index contributed by atoms with van der Waals surface area (Å²) in [7, 11) is -3.18. The van der Waals surface area contributed by atoms with E-state index in [2.05, 4.69) is 4.74 Å². The van der Waals surface area contributed by atoms with Crippen LogP contribution in [0.15, 0.2) is 91.0 Å². The van der Waals surface area contributed by atoms with E-state index in [-0.39, 0.29) is 0 Å². The molecule has 0 aromatic heterocycles. The molecule has 32 heavy (non-hydrogen) atoms. The van der Waals surface area contributed by atoms with Gasteiger partial charge in [0.15, 0.2) is 0 Å². The third kappa shape index (κ3) is 5.13. The molecule has 3 aromatic rings. The lowest BCUT2D eigenvalue weighted by Gasteiger charge is -2.31. The summed E-state index contributed by atoms with van der Waals surface area (Å²) in [5.74, 6) is -2.87. The molecule has 0 heterocycles. The van der Waals surface area contributed by atoms with Gasteiger partial charge in [-0.2, -0.15) is 26.3 Å². The number of benzene rings is 3. The van der Waals surface area contributed by atoms with Crippen molar-refractivity contribution < 1.29 is 35.9 Å². The highest BCUT2D eigenvalue weighted by atomic mass is 31.2. The summed E-state index contributed by atoms with van der Waals surface area (Å²) >= 11 is 0. The lowest BCUT2D eigenvalue weighted by atomic mass is 10.3. The molecule has 0 aliphatic carbocycles.